The van der Waals surface area contributed by atoms with Gasteiger partial charge in [0.2, 0.25) is 0 Å². The molecule has 0 aliphatic rings. The summed E-state index contributed by atoms with van der Waals surface area (Å²) in [6.07, 6.45) is 0. The Morgan fingerprint density at radius 2 is 2.13 bits per heavy atom. The van der Waals surface area contributed by atoms with E-state index in [0.29, 0.717) is 0 Å². The van der Waals surface area contributed by atoms with E-state index in [2.05, 4.69) is 53.0 Å². The standard InChI is InChI=1S/C12H18BrNO/c1-4-15-12-6-5-11(7-10(12)2)8-14(3)9-13/h5-7H,4,8-9H2,1-3H3. The van der Waals surface area contributed by atoms with E-state index in [1.807, 2.05) is 6.92 Å². The molecule has 0 saturated heterocycles. The van der Waals surface area contributed by atoms with Gasteiger partial charge in [0.05, 0.1) is 12.1 Å². The van der Waals surface area contributed by atoms with Crippen molar-refractivity contribution in [2.45, 2.75) is 20.4 Å². The fourth-order valence-electron chi connectivity index (χ4n) is 1.48. The molecule has 0 spiro atoms. The molecule has 1 aromatic rings. The van der Waals surface area contributed by atoms with Crippen molar-refractivity contribution in [3.05, 3.63) is 29.3 Å². The van der Waals surface area contributed by atoms with E-state index in [1.165, 1.54) is 11.1 Å². The van der Waals surface area contributed by atoms with E-state index >= 15 is 0 Å². The highest BCUT2D eigenvalue weighted by molar-refractivity contribution is 9.09. The summed E-state index contributed by atoms with van der Waals surface area (Å²) >= 11 is 3.43. The number of hydrogen-bond donors (Lipinski definition) is 0. The fraction of sp³-hybridized carbons (Fsp3) is 0.500. The zero-order valence-electron chi connectivity index (χ0n) is 9.59. The number of nitrogens with zero attached hydrogens (tertiary/aromatic N) is 1. The van der Waals surface area contributed by atoms with Gasteiger partial charge in [0.15, 0.2) is 0 Å². The average Bonchev–Trinajstić information content (AvgIpc) is 2.22. The Morgan fingerprint density at radius 1 is 1.40 bits per heavy atom. The van der Waals surface area contributed by atoms with Gasteiger partial charge < -0.3 is 4.74 Å². The summed E-state index contributed by atoms with van der Waals surface area (Å²) in [6.45, 7) is 5.77. The lowest BCUT2D eigenvalue weighted by Gasteiger charge is -2.14. The molecule has 0 aliphatic heterocycles. The van der Waals surface area contributed by atoms with Gasteiger partial charge >= 0.3 is 0 Å². The van der Waals surface area contributed by atoms with Gasteiger partial charge in [-0.3, -0.25) is 4.90 Å². The van der Waals surface area contributed by atoms with E-state index < -0.39 is 0 Å². The zero-order chi connectivity index (χ0) is 11.3. The lowest BCUT2D eigenvalue weighted by atomic mass is 10.1. The van der Waals surface area contributed by atoms with Crippen molar-refractivity contribution in [3.8, 4) is 5.75 Å². The molecule has 2 nitrogen and oxygen atoms in total. The molecule has 0 heterocycles. The number of halogens is 1. The van der Waals surface area contributed by atoms with Crippen LogP contribution in [0.15, 0.2) is 18.2 Å². The predicted molar refractivity (Wildman–Crippen MR) is 67.6 cm³/mol. The molecule has 0 saturated carbocycles. The van der Waals surface area contributed by atoms with Crippen LogP contribution >= 0.6 is 15.9 Å². The molecule has 0 bridgehead atoms. The van der Waals surface area contributed by atoms with E-state index in [1.54, 1.807) is 0 Å². The third-order valence-corrected chi connectivity index (χ3v) is 3.05. The molecule has 1 rings (SSSR count). The van der Waals surface area contributed by atoms with Gasteiger partial charge in [-0.25, -0.2) is 0 Å². The van der Waals surface area contributed by atoms with Crippen LogP contribution in [0.25, 0.3) is 0 Å². The van der Waals surface area contributed by atoms with E-state index in [4.69, 9.17) is 4.74 Å². The third-order valence-electron chi connectivity index (χ3n) is 2.20. The second-order valence-corrected chi connectivity index (χ2v) is 4.17. The van der Waals surface area contributed by atoms with Crippen LogP contribution in [-0.4, -0.2) is 24.0 Å². The van der Waals surface area contributed by atoms with Gasteiger partial charge in [0.25, 0.3) is 0 Å². The first-order valence-electron chi connectivity index (χ1n) is 5.14. The first-order valence-corrected chi connectivity index (χ1v) is 6.26. The highest BCUT2D eigenvalue weighted by atomic mass is 79.9. The molecule has 0 amide bonds. The van der Waals surface area contributed by atoms with Gasteiger partial charge in [-0.1, -0.05) is 28.1 Å². The molecular formula is C12H18BrNO. The maximum absolute atomic E-state index is 5.50. The van der Waals surface area contributed by atoms with Crippen LogP contribution in [-0.2, 0) is 6.54 Å². The lowest BCUT2D eigenvalue weighted by Crippen LogP contribution is -2.15. The molecule has 0 unspecified atom stereocenters. The van der Waals surface area contributed by atoms with Crippen LogP contribution in [0, 0.1) is 6.92 Å². The van der Waals surface area contributed by atoms with Crippen LogP contribution in [0.3, 0.4) is 0 Å². The van der Waals surface area contributed by atoms with Gasteiger partial charge in [-0.2, -0.15) is 0 Å². The van der Waals surface area contributed by atoms with Crippen LogP contribution in [0.5, 0.6) is 5.75 Å². The molecule has 0 N–H and O–H groups in total. The first-order chi connectivity index (χ1) is 7.17. The third kappa shape index (κ3) is 3.84. The smallest absolute Gasteiger partial charge is 0.122 e. The molecule has 0 aliphatic carbocycles. The predicted octanol–water partition coefficient (Wildman–Crippen LogP) is 3.18. The van der Waals surface area contributed by atoms with Gasteiger partial charge in [0, 0.05) is 6.54 Å². The number of alkyl halides is 1. The van der Waals surface area contributed by atoms with Crippen molar-refractivity contribution in [3.63, 3.8) is 0 Å². The minimum absolute atomic E-state index is 0.724. The summed E-state index contributed by atoms with van der Waals surface area (Å²) in [6, 6.07) is 6.36. The number of rotatable bonds is 5. The van der Waals surface area contributed by atoms with Crippen molar-refractivity contribution >= 4 is 15.9 Å². The van der Waals surface area contributed by atoms with Crippen LogP contribution in [0.2, 0.25) is 0 Å². The Balaban J connectivity index is 2.73. The number of ether oxygens (including phenoxy) is 1. The summed E-state index contributed by atoms with van der Waals surface area (Å²) < 4.78 is 5.50. The Kier molecular flexibility index (Phi) is 5.12. The first kappa shape index (κ1) is 12.5. The molecule has 0 radical (unpaired) electrons. The largest absolute Gasteiger partial charge is 0.494 e. The summed E-state index contributed by atoms with van der Waals surface area (Å²) in [5.74, 6) is 0.989. The second-order valence-electron chi connectivity index (χ2n) is 3.67. The van der Waals surface area contributed by atoms with Gasteiger partial charge in [0.1, 0.15) is 5.75 Å². The lowest BCUT2D eigenvalue weighted by molar-refractivity contribution is 0.337. The Bertz CT molecular complexity index is 314. The van der Waals surface area contributed by atoms with Crippen LogP contribution in [0.1, 0.15) is 18.1 Å². The van der Waals surface area contributed by atoms with Crippen molar-refractivity contribution in [2.24, 2.45) is 0 Å². The molecule has 0 fully saturated rings. The molecule has 1 aromatic carbocycles. The highest BCUT2D eigenvalue weighted by Gasteiger charge is 2.02. The maximum atomic E-state index is 5.50. The summed E-state index contributed by atoms with van der Waals surface area (Å²) in [5, 5.41) is 0. The maximum Gasteiger partial charge on any atom is 0.122 e. The van der Waals surface area contributed by atoms with E-state index in [-0.39, 0.29) is 0 Å². The van der Waals surface area contributed by atoms with Gasteiger partial charge in [-0.05, 0) is 38.1 Å². The minimum atomic E-state index is 0.724. The number of aryl methyl sites for hydroxylation is 1. The number of benzene rings is 1. The number of hydrogen-bond acceptors (Lipinski definition) is 2. The summed E-state index contributed by atoms with van der Waals surface area (Å²) in [5.41, 5.74) is 3.41. The highest BCUT2D eigenvalue weighted by Crippen LogP contribution is 2.19. The van der Waals surface area contributed by atoms with Crippen molar-refractivity contribution in [1.82, 2.24) is 4.90 Å². The summed E-state index contributed by atoms with van der Waals surface area (Å²) in [7, 11) is 2.08. The average molecular weight is 272 g/mol. The van der Waals surface area contributed by atoms with E-state index in [9.17, 15) is 0 Å². The van der Waals surface area contributed by atoms with Crippen molar-refractivity contribution in [2.75, 3.05) is 19.1 Å². The molecular weight excluding hydrogens is 254 g/mol. The second kappa shape index (κ2) is 6.13. The normalized spacial score (nSPS) is 10.7. The molecule has 84 valence electrons. The molecule has 0 atom stereocenters. The summed E-state index contributed by atoms with van der Waals surface area (Å²) in [4.78, 5) is 2.20. The van der Waals surface area contributed by atoms with Crippen molar-refractivity contribution in [1.29, 1.82) is 0 Å². The van der Waals surface area contributed by atoms with E-state index in [0.717, 1.165) is 24.4 Å². The van der Waals surface area contributed by atoms with Crippen LogP contribution < -0.4 is 4.74 Å². The quantitative estimate of drug-likeness (QED) is 0.603. The van der Waals surface area contributed by atoms with Gasteiger partial charge in [-0.15, -0.1) is 0 Å². The molecule has 3 heteroatoms. The van der Waals surface area contributed by atoms with Crippen molar-refractivity contribution < 1.29 is 4.74 Å². The Morgan fingerprint density at radius 3 is 2.67 bits per heavy atom. The minimum Gasteiger partial charge on any atom is -0.494 e. The van der Waals surface area contributed by atoms with Crippen LogP contribution in [0.4, 0.5) is 0 Å². The SMILES string of the molecule is CCOc1ccc(CN(C)CBr)cc1C. The topological polar surface area (TPSA) is 12.5 Å². The Hall–Kier alpha value is -0.540. The fourth-order valence-corrected chi connectivity index (χ4v) is 1.66. The Labute approximate surface area is 100 Å². The molecule has 15 heavy (non-hydrogen) atoms. The zero-order valence-corrected chi connectivity index (χ0v) is 11.2. The monoisotopic (exact) mass is 271 g/mol. The molecule has 0 aromatic heterocycles.